The first-order valence-corrected chi connectivity index (χ1v) is 6.20. The van der Waals surface area contributed by atoms with Crippen LogP contribution in [0.2, 0.25) is 0 Å². The van der Waals surface area contributed by atoms with Gasteiger partial charge in [-0.1, -0.05) is 49.6 Å². The monoisotopic (exact) mass is 235 g/mol. The van der Waals surface area contributed by atoms with Crippen LogP contribution in [0.3, 0.4) is 0 Å². The number of benzene rings is 1. The summed E-state index contributed by atoms with van der Waals surface area (Å²) in [6.45, 7) is 0. The molecule has 1 aromatic rings. The summed E-state index contributed by atoms with van der Waals surface area (Å²) >= 11 is 0. The first-order valence-electron chi connectivity index (χ1n) is 6.20. The van der Waals surface area contributed by atoms with E-state index in [0.717, 1.165) is 5.56 Å². The number of nitrogens with two attached hydrogens (primary N) is 1. The minimum Gasteiger partial charge on any atom is -0.481 e. The van der Waals surface area contributed by atoms with Crippen LogP contribution in [0.4, 0.5) is 0 Å². The van der Waals surface area contributed by atoms with Gasteiger partial charge in [-0.3, -0.25) is 4.79 Å². The molecule has 1 aliphatic rings. The Bertz CT molecular complexity index is 318. The van der Waals surface area contributed by atoms with Crippen LogP contribution in [-0.4, -0.2) is 17.1 Å². The Labute approximate surface area is 103 Å². The second-order valence-corrected chi connectivity index (χ2v) is 4.45. The van der Waals surface area contributed by atoms with E-state index in [1.54, 1.807) is 12.1 Å². The molecule has 0 unspecified atom stereocenters. The van der Waals surface area contributed by atoms with Gasteiger partial charge in [-0.2, -0.15) is 0 Å². The average Bonchev–Trinajstić information content (AvgIpc) is 2.31. The zero-order chi connectivity index (χ0) is 12.5. The molecule has 0 bridgehead atoms. The van der Waals surface area contributed by atoms with Crippen LogP contribution in [0.5, 0.6) is 0 Å². The van der Waals surface area contributed by atoms with Crippen molar-refractivity contribution < 1.29 is 9.90 Å². The van der Waals surface area contributed by atoms with Gasteiger partial charge in [0.1, 0.15) is 0 Å². The molecule has 1 saturated carbocycles. The number of aliphatic carboxylic acids is 1. The number of rotatable bonds is 2. The molecule has 0 saturated heterocycles. The van der Waals surface area contributed by atoms with Crippen molar-refractivity contribution >= 4 is 5.97 Å². The number of carboxylic acid groups (broad SMARTS) is 1. The minimum absolute atomic E-state index is 0.112. The Balaban J connectivity index is 0.000000181. The molecule has 1 aliphatic carbocycles. The van der Waals surface area contributed by atoms with E-state index < -0.39 is 5.97 Å². The highest BCUT2D eigenvalue weighted by molar-refractivity contribution is 5.70. The van der Waals surface area contributed by atoms with Crippen molar-refractivity contribution in [3.8, 4) is 0 Å². The lowest BCUT2D eigenvalue weighted by Crippen LogP contribution is -2.22. The maximum atomic E-state index is 10.2. The topological polar surface area (TPSA) is 63.3 Å². The summed E-state index contributed by atoms with van der Waals surface area (Å²) in [7, 11) is 0. The molecule has 1 fully saturated rings. The van der Waals surface area contributed by atoms with Crippen LogP contribution in [0.25, 0.3) is 0 Å². The van der Waals surface area contributed by atoms with Crippen LogP contribution >= 0.6 is 0 Å². The number of carbonyl (C=O) groups is 1. The molecule has 0 amide bonds. The summed E-state index contributed by atoms with van der Waals surface area (Å²) in [6, 6.07) is 9.66. The second-order valence-electron chi connectivity index (χ2n) is 4.45. The molecule has 1 aromatic carbocycles. The van der Waals surface area contributed by atoms with Crippen molar-refractivity contribution in [3.05, 3.63) is 35.9 Å². The van der Waals surface area contributed by atoms with E-state index in [-0.39, 0.29) is 6.42 Å². The molecule has 0 aliphatic heterocycles. The summed E-state index contributed by atoms with van der Waals surface area (Å²) in [4.78, 5) is 10.2. The molecule has 2 rings (SSSR count). The van der Waals surface area contributed by atoms with E-state index in [4.69, 9.17) is 10.8 Å². The van der Waals surface area contributed by atoms with Crippen molar-refractivity contribution in [3.63, 3.8) is 0 Å². The zero-order valence-electron chi connectivity index (χ0n) is 10.1. The number of hydrogen-bond acceptors (Lipinski definition) is 2. The van der Waals surface area contributed by atoms with Gasteiger partial charge in [-0.05, 0) is 18.4 Å². The Morgan fingerprint density at radius 2 is 1.76 bits per heavy atom. The fraction of sp³-hybridized carbons (Fsp3) is 0.500. The minimum atomic E-state index is -0.786. The Morgan fingerprint density at radius 1 is 1.18 bits per heavy atom. The Hall–Kier alpha value is -1.35. The van der Waals surface area contributed by atoms with Crippen LogP contribution in [0.1, 0.15) is 37.7 Å². The molecule has 0 radical (unpaired) electrons. The molecule has 3 nitrogen and oxygen atoms in total. The van der Waals surface area contributed by atoms with Crippen molar-refractivity contribution in [2.24, 2.45) is 5.73 Å². The Kier molecular flexibility index (Phi) is 6.33. The third-order valence-corrected chi connectivity index (χ3v) is 2.85. The molecular formula is C14H21NO2. The molecule has 0 atom stereocenters. The van der Waals surface area contributed by atoms with E-state index in [1.807, 2.05) is 18.2 Å². The predicted molar refractivity (Wildman–Crippen MR) is 68.8 cm³/mol. The van der Waals surface area contributed by atoms with Gasteiger partial charge in [0.2, 0.25) is 0 Å². The van der Waals surface area contributed by atoms with Crippen molar-refractivity contribution in [1.82, 2.24) is 0 Å². The van der Waals surface area contributed by atoms with Gasteiger partial charge in [-0.15, -0.1) is 0 Å². The number of hydrogen-bond donors (Lipinski definition) is 2. The van der Waals surface area contributed by atoms with Crippen molar-refractivity contribution in [1.29, 1.82) is 0 Å². The fourth-order valence-corrected chi connectivity index (χ4v) is 1.90. The lowest BCUT2D eigenvalue weighted by atomic mass is 9.97. The maximum absolute atomic E-state index is 10.2. The molecule has 0 aromatic heterocycles. The Morgan fingerprint density at radius 3 is 2.18 bits per heavy atom. The lowest BCUT2D eigenvalue weighted by molar-refractivity contribution is -0.136. The summed E-state index contributed by atoms with van der Waals surface area (Å²) in [5.74, 6) is -0.786. The van der Waals surface area contributed by atoms with Gasteiger partial charge in [0, 0.05) is 6.04 Å². The first kappa shape index (κ1) is 13.7. The van der Waals surface area contributed by atoms with E-state index in [1.165, 1.54) is 32.1 Å². The molecule has 3 heteroatoms. The molecule has 0 spiro atoms. The summed E-state index contributed by atoms with van der Waals surface area (Å²) in [5, 5.41) is 8.37. The second kappa shape index (κ2) is 7.85. The first-order chi connectivity index (χ1) is 8.18. The summed E-state index contributed by atoms with van der Waals surface area (Å²) < 4.78 is 0. The summed E-state index contributed by atoms with van der Waals surface area (Å²) in [6.07, 6.45) is 6.77. The van der Waals surface area contributed by atoms with E-state index >= 15 is 0 Å². The fourth-order valence-electron chi connectivity index (χ4n) is 1.90. The average molecular weight is 235 g/mol. The molecule has 17 heavy (non-hydrogen) atoms. The third kappa shape index (κ3) is 6.74. The van der Waals surface area contributed by atoms with Gasteiger partial charge in [-0.25, -0.2) is 0 Å². The molecule has 0 heterocycles. The smallest absolute Gasteiger partial charge is 0.307 e. The highest BCUT2D eigenvalue weighted by atomic mass is 16.4. The SMILES string of the molecule is NC1CCCCC1.O=C(O)Cc1ccccc1. The van der Waals surface area contributed by atoms with Gasteiger partial charge in [0.15, 0.2) is 0 Å². The van der Waals surface area contributed by atoms with E-state index in [9.17, 15) is 4.79 Å². The van der Waals surface area contributed by atoms with Gasteiger partial charge < -0.3 is 10.8 Å². The largest absolute Gasteiger partial charge is 0.481 e. The van der Waals surface area contributed by atoms with Crippen LogP contribution < -0.4 is 5.73 Å². The molecular weight excluding hydrogens is 214 g/mol. The van der Waals surface area contributed by atoms with Crippen molar-refractivity contribution in [2.75, 3.05) is 0 Å². The summed E-state index contributed by atoms with van der Waals surface area (Å²) in [5.41, 5.74) is 6.48. The van der Waals surface area contributed by atoms with E-state index in [2.05, 4.69) is 0 Å². The lowest BCUT2D eigenvalue weighted by Gasteiger charge is -2.15. The van der Waals surface area contributed by atoms with Crippen LogP contribution in [0.15, 0.2) is 30.3 Å². The third-order valence-electron chi connectivity index (χ3n) is 2.85. The molecule has 94 valence electrons. The highest BCUT2D eigenvalue weighted by Gasteiger charge is 2.06. The quantitative estimate of drug-likeness (QED) is 0.828. The van der Waals surface area contributed by atoms with Gasteiger partial charge in [0.25, 0.3) is 0 Å². The standard InChI is InChI=1S/C8H8O2.C6H13N/c9-8(10)6-7-4-2-1-3-5-7;7-6-4-2-1-3-5-6/h1-5H,6H2,(H,9,10);6H,1-5,7H2. The van der Waals surface area contributed by atoms with Crippen LogP contribution in [0, 0.1) is 0 Å². The predicted octanol–water partition coefficient (Wildman–Crippen LogP) is 2.59. The van der Waals surface area contributed by atoms with Crippen LogP contribution in [-0.2, 0) is 11.2 Å². The van der Waals surface area contributed by atoms with Gasteiger partial charge in [0.05, 0.1) is 6.42 Å². The normalized spacial score (nSPS) is 15.8. The van der Waals surface area contributed by atoms with Gasteiger partial charge >= 0.3 is 5.97 Å². The number of carboxylic acids is 1. The molecule has 3 N–H and O–H groups in total. The van der Waals surface area contributed by atoms with E-state index in [0.29, 0.717) is 6.04 Å². The maximum Gasteiger partial charge on any atom is 0.307 e. The zero-order valence-corrected chi connectivity index (χ0v) is 10.1. The highest BCUT2D eigenvalue weighted by Crippen LogP contribution is 2.14. The van der Waals surface area contributed by atoms with Crippen molar-refractivity contribution in [2.45, 2.75) is 44.6 Å².